The average Bonchev–Trinajstić information content (AvgIpc) is 2.83. The zero-order valence-electron chi connectivity index (χ0n) is 8.24. The highest BCUT2D eigenvalue weighted by molar-refractivity contribution is 7.80. The van der Waals surface area contributed by atoms with Crippen LogP contribution in [-0.4, -0.2) is 36.3 Å². The molecule has 0 bridgehead atoms. The van der Waals surface area contributed by atoms with Crippen LogP contribution >= 0.6 is 12.2 Å². The monoisotopic (exact) mass is 235 g/mol. The van der Waals surface area contributed by atoms with E-state index in [9.17, 15) is 0 Å². The molecule has 0 atom stereocenters. The van der Waals surface area contributed by atoms with Gasteiger partial charge in [-0.1, -0.05) is 12.2 Å². The Morgan fingerprint density at radius 3 is 3.00 bits per heavy atom. The number of nitrogens with one attached hydrogen (secondary N) is 1. The van der Waals surface area contributed by atoms with Crippen molar-refractivity contribution in [2.45, 2.75) is 0 Å². The maximum absolute atomic E-state index is 8.69. The summed E-state index contributed by atoms with van der Waals surface area (Å²) in [6.45, 7) is -0.226. The van der Waals surface area contributed by atoms with Crippen LogP contribution in [0.25, 0.3) is 5.82 Å². The van der Waals surface area contributed by atoms with Gasteiger partial charge in [0.25, 0.3) is 0 Å². The summed E-state index contributed by atoms with van der Waals surface area (Å²) < 4.78 is 1.72. The highest BCUT2D eigenvalue weighted by Gasteiger charge is 2.04. The molecule has 0 aromatic carbocycles. The molecule has 0 aliphatic heterocycles. The quantitative estimate of drug-likeness (QED) is 0.570. The minimum atomic E-state index is -0.226. The molecule has 2 aromatic heterocycles. The smallest absolute Gasteiger partial charge is 0.157 e. The van der Waals surface area contributed by atoms with Crippen molar-refractivity contribution in [2.75, 3.05) is 6.73 Å². The van der Waals surface area contributed by atoms with Crippen molar-refractivity contribution in [3.05, 3.63) is 36.8 Å². The van der Waals surface area contributed by atoms with Crippen LogP contribution in [0.15, 0.2) is 31.1 Å². The molecule has 2 N–H and O–H groups in total. The van der Waals surface area contributed by atoms with Crippen molar-refractivity contribution in [1.82, 2.24) is 24.8 Å². The Balaban J connectivity index is 2.30. The Morgan fingerprint density at radius 1 is 1.44 bits per heavy atom. The SMILES string of the molecule is OCNC(=S)c1cncc(-n2ccnc2)n1. The fourth-order valence-corrected chi connectivity index (χ4v) is 1.31. The Labute approximate surface area is 97.0 Å². The summed E-state index contributed by atoms with van der Waals surface area (Å²) in [5.74, 6) is 0.622. The number of aliphatic hydroxyl groups excluding tert-OH is 1. The van der Waals surface area contributed by atoms with Crippen LogP contribution in [0.4, 0.5) is 0 Å². The number of imidazole rings is 1. The largest absolute Gasteiger partial charge is 0.377 e. The summed E-state index contributed by atoms with van der Waals surface area (Å²) in [5.41, 5.74) is 0.509. The summed E-state index contributed by atoms with van der Waals surface area (Å²) in [7, 11) is 0. The van der Waals surface area contributed by atoms with E-state index in [1.807, 2.05) is 0 Å². The van der Waals surface area contributed by atoms with Gasteiger partial charge in [0.1, 0.15) is 23.7 Å². The minimum Gasteiger partial charge on any atom is -0.377 e. The first-order valence-electron chi connectivity index (χ1n) is 4.50. The lowest BCUT2D eigenvalue weighted by Gasteiger charge is -2.05. The lowest BCUT2D eigenvalue weighted by molar-refractivity contribution is 0.287. The van der Waals surface area contributed by atoms with E-state index >= 15 is 0 Å². The van der Waals surface area contributed by atoms with Crippen LogP contribution < -0.4 is 5.32 Å². The summed E-state index contributed by atoms with van der Waals surface area (Å²) in [6.07, 6.45) is 8.17. The van der Waals surface area contributed by atoms with Crippen molar-refractivity contribution >= 4 is 17.2 Å². The van der Waals surface area contributed by atoms with E-state index in [1.54, 1.807) is 29.5 Å². The van der Waals surface area contributed by atoms with Crippen molar-refractivity contribution in [3.8, 4) is 5.82 Å². The maximum atomic E-state index is 8.69. The number of aromatic nitrogens is 4. The molecular weight excluding hydrogens is 226 g/mol. The van der Waals surface area contributed by atoms with Gasteiger partial charge in [0.2, 0.25) is 0 Å². The fourth-order valence-electron chi connectivity index (χ4n) is 1.15. The number of rotatable bonds is 3. The highest BCUT2D eigenvalue weighted by Crippen LogP contribution is 2.03. The molecule has 0 unspecified atom stereocenters. The lowest BCUT2D eigenvalue weighted by atomic mass is 10.4. The van der Waals surface area contributed by atoms with Crippen LogP contribution in [0.5, 0.6) is 0 Å². The second-order valence-corrected chi connectivity index (χ2v) is 3.30. The van der Waals surface area contributed by atoms with Gasteiger partial charge >= 0.3 is 0 Å². The minimum absolute atomic E-state index is 0.226. The van der Waals surface area contributed by atoms with Crippen LogP contribution in [-0.2, 0) is 0 Å². The van der Waals surface area contributed by atoms with Crippen molar-refractivity contribution < 1.29 is 5.11 Å². The molecule has 82 valence electrons. The summed E-state index contributed by atoms with van der Waals surface area (Å²) in [4.78, 5) is 12.6. The van der Waals surface area contributed by atoms with Gasteiger partial charge in [0.15, 0.2) is 5.82 Å². The third-order valence-electron chi connectivity index (χ3n) is 1.86. The molecule has 0 aliphatic rings. The van der Waals surface area contributed by atoms with Crippen LogP contribution in [0, 0.1) is 0 Å². The number of thiocarbonyl (C=S) groups is 1. The topological polar surface area (TPSA) is 75.9 Å². The molecule has 0 saturated carbocycles. The van der Waals surface area contributed by atoms with Gasteiger partial charge in [0.05, 0.1) is 12.4 Å². The van der Waals surface area contributed by atoms with Crippen molar-refractivity contribution in [1.29, 1.82) is 0 Å². The van der Waals surface area contributed by atoms with Gasteiger partial charge in [-0.05, 0) is 0 Å². The Hall–Kier alpha value is -1.86. The predicted molar refractivity (Wildman–Crippen MR) is 61.1 cm³/mol. The molecule has 0 aliphatic carbocycles. The molecule has 0 spiro atoms. The van der Waals surface area contributed by atoms with E-state index in [4.69, 9.17) is 17.3 Å². The summed E-state index contributed by atoms with van der Waals surface area (Å²) in [6, 6.07) is 0. The second-order valence-electron chi connectivity index (χ2n) is 2.90. The molecule has 0 fully saturated rings. The van der Waals surface area contributed by atoms with Crippen LogP contribution in [0.3, 0.4) is 0 Å². The molecule has 0 amide bonds. The first kappa shape index (κ1) is 10.7. The maximum Gasteiger partial charge on any atom is 0.157 e. The molecule has 0 saturated heterocycles. The van der Waals surface area contributed by atoms with Crippen molar-refractivity contribution in [3.63, 3.8) is 0 Å². The molecule has 7 heteroatoms. The number of hydrogen-bond acceptors (Lipinski definition) is 5. The summed E-state index contributed by atoms with van der Waals surface area (Å²) in [5, 5.41) is 11.3. The Morgan fingerprint density at radius 2 is 2.31 bits per heavy atom. The molecule has 2 heterocycles. The van der Waals surface area contributed by atoms with E-state index in [-0.39, 0.29) is 6.73 Å². The zero-order chi connectivity index (χ0) is 11.4. The highest BCUT2D eigenvalue weighted by atomic mass is 32.1. The van der Waals surface area contributed by atoms with Crippen LogP contribution in [0.2, 0.25) is 0 Å². The third-order valence-corrected chi connectivity index (χ3v) is 2.22. The Bertz CT molecular complexity index is 484. The van der Waals surface area contributed by atoms with Gasteiger partial charge in [-0.15, -0.1) is 0 Å². The molecule has 2 aromatic rings. The van der Waals surface area contributed by atoms with E-state index in [2.05, 4.69) is 20.3 Å². The van der Waals surface area contributed by atoms with E-state index in [0.29, 0.717) is 16.5 Å². The molecular formula is C9H9N5OS. The first-order chi connectivity index (χ1) is 7.81. The molecule has 6 nitrogen and oxygen atoms in total. The van der Waals surface area contributed by atoms with Crippen LogP contribution in [0.1, 0.15) is 5.69 Å². The lowest BCUT2D eigenvalue weighted by Crippen LogP contribution is -2.24. The number of hydrogen-bond donors (Lipinski definition) is 2. The van der Waals surface area contributed by atoms with Crippen molar-refractivity contribution in [2.24, 2.45) is 0 Å². The standard InChI is InChI=1S/C9H9N5OS/c15-6-12-9(16)7-3-11-4-8(13-7)14-2-1-10-5-14/h1-5,15H,6H2,(H,12,16). The zero-order valence-corrected chi connectivity index (χ0v) is 9.05. The number of aliphatic hydroxyl groups is 1. The fraction of sp³-hybridized carbons (Fsp3) is 0.111. The number of nitrogens with zero attached hydrogens (tertiary/aromatic N) is 4. The third kappa shape index (κ3) is 2.20. The Kier molecular flexibility index (Phi) is 3.18. The molecule has 0 radical (unpaired) electrons. The molecule has 2 rings (SSSR count). The second kappa shape index (κ2) is 4.77. The molecule has 16 heavy (non-hydrogen) atoms. The van der Waals surface area contributed by atoms with Gasteiger partial charge in [-0.3, -0.25) is 9.55 Å². The average molecular weight is 235 g/mol. The van der Waals surface area contributed by atoms with E-state index in [1.165, 1.54) is 6.20 Å². The summed E-state index contributed by atoms with van der Waals surface area (Å²) >= 11 is 5.01. The van der Waals surface area contributed by atoms with E-state index < -0.39 is 0 Å². The normalized spacial score (nSPS) is 10.1. The van der Waals surface area contributed by atoms with Gasteiger partial charge < -0.3 is 10.4 Å². The first-order valence-corrected chi connectivity index (χ1v) is 4.91. The van der Waals surface area contributed by atoms with Gasteiger partial charge in [0, 0.05) is 12.4 Å². The predicted octanol–water partition coefficient (Wildman–Crippen LogP) is -0.123. The van der Waals surface area contributed by atoms with Gasteiger partial charge in [-0.2, -0.15) is 0 Å². The van der Waals surface area contributed by atoms with Gasteiger partial charge in [-0.25, -0.2) is 9.97 Å². The van der Waals surface area contributed by atoms with E-state index in [0.717, 1.165) is 0 Å².